The van der Waals surface area contributed by atoms with Crippen LogP contribution in [0.1, 0.15) is 13.8 Å². The van der Waals surface area contributed by atoms with E-state index in [-0.39, 0.29) is 5.92 Å². The Morgan fingerprint density at radius 3 is 2.54 bits per heavy atom. The number of allylic oxidation sites excluding steroid dienone is 2. The number of carboxylic acid groups (broad SMARTS) is 1. The minimum Gasteiger partial charge on any atom is -0.481 e. The zero-order valence-corrected chi connectivity index (χ0v) is 7.41. The van der Waals surface area contributed by atoms with Crippen LogP contribution in [-0.4, -0.2) is 11.1 Å². The van der Waals surface area contributed by atoms with Gasteiger partial charge in [-0.3, -0.25) is 4.79 Å². The molecule has 1 aliphatic rings. The zero-order valence-electron chi connectivity index (χ0n) is 7.41. The van der Waals surface area contributed by atoms with Gasteiger partial charge in [0.25, 0.3) is 0 Å². The van der Waals surface area contributed by atoms with Crippen molar-refractivity contribution in [2.24, 2.45) is 17.3 Å². The Labute approximate surface area is 75.5 Å². The molecule has 0 aromatic heterocycles. The molecular weight excluding hydrogens is 173 g/mol. The lowest BCUT2D eigenvalue weighted by Gasteiger charge is -1.95. The maximum atomic E-state index is 12.5. The molecule has 1 N–H and O–H groups in total. The summed E-state index contributed by atoms with van der Waals surface area (Å²) in [6.45, 7) is 3.50. The van der Waals surface area contributed by atoms with Crippen molar-refractivity contribution in [1.29, 1.82) is 5.26 Å². The Morgan fingerprint density at radius 1 is 1.69 bits per heavy atom. The topological polar surface area (TPSA) is 61.1 Å². The van der Waals surface area contributed by atoms with E-state index in [1.165, 1.54) is 6.07 Å². The summed E-state index contributed by atoms with van der Waals surface area (Å²) in [4.78, 5) is 10.6. The van der Waals surface area contributed by atoms with Crippen LogP contribution in [0, 0.1) is 28.6 Å². The smallest absolute Gasteiger partial charge is 0.307 e. The van der Waals surface area contributed by atoms with Crippen molar-refractivity contribution in [1.82, 2.24) is 0 Å². The quantitative estimate of drug-likeness (QED) is 0.663. The zero-order chi connectivity index (χ0) is 10.2. The van der Waals surface area contributed by atoms with Gasteiger partial charge >= 0.3 is 5.97 Å². The van der Waals surface area contributed by atoms with Gasteiger partial charge in [0.05, 0.1) is 5.92 Å². The molecule has 0 saturated heterocycles. The number of nitrogens with zero attached hydrogens (tertiary/aromatic N) is 1. The largest absolute Gasteiger partial charge is 0.481 e. The summed E-state index contributed by atoms with van der Waals surface area (Å²) in [6, 6.07) is 1.34. The molecule has 1 rings (SSSR count). The van der Waals surface area contributed by atoms with Crippen LogP contribution in [-0.2, 0) is 4.79 Å². The second-order valence-corrected chi connectivity index (χ2v) is 3.79. The first-order chi connectivity index (χ1) is 5.91. The highest BCUT2D eigenvalue weighted by Gasteiger charge is 2.61. The fourth-order valence-corrected chi connectivity index (χ4v) is 1.66. The monoisotopic (exact) mass is 183 g/mol. The Morgan fingerprint density at radius 2 is 2.23 bits per heavy atom. The molecule has 0 radical (unpaired) electrons. The highest BCUT2D eigenvalue weighted by molar-refractivity contribution is 5.76. The second kappa shape index (κ2) is 2.84. The van der Waals surface area contributed by atoms with E-state index in [1.54, 1.807) is 13.8 Å². The summed E-state index contributed by atoms with van der Waals surface area (Å²) >= 11 is 0. The van der Waals surface area contributed by atoms with Gasteiger partial charge in [-0.2, -0.15) is 9.65 Å². The van der Waals surface area contributed by atoms with E-state index < -0.39 is 23.1 Å². The molecule has 0 bridgehead atoms. The molecule has 4 heteroatoms. The number of halogens is 1. The van der Waals surface area contributed by atoms with E-state index in [0.29, 0.717) is 0 Å². The van der Waals surface area contributed by atoms with Crippen LogP contribution in [0.3, 0.4) is 0 Å². The lowest BCUT2D eigenvalue weighted by molar-refractivity contribution is -0.139. The summed E-state index contributed by atoms with van der Waals surface area (Å²) in [6.07, 6.45) is 1.10. The first-order valence-corrected chi connectivity index (χ1v) is 3.91. The molecule has 1 aliphatic carbocycles. The predicted molar refractivity (Wildman–Crippen MR) is 43.2 cm³/mol. The third-order valence-electron chi connectivity index (χ3n) is 2.61. The highest BCUT2D eigenvalue weighted by atomic mass is 19.1. The summed E-state index contributed by atoms with van der Waals surface area (Å²) < 4.78 is 12.5. The average molecular weight is 183 g/mol. The lowest BCUT2D eigenvalue weighted by Crippen LogP contribution is -2.02. The van der Waals surface area contributed by atoms with Crippen LogP contribution < -0.4 is 0 Å². The third-order valence-corrected chi connectivity index (χ3v) is 2.61. The number of aliphatic carboxylic acids is 1. The van der Waals surface area contributed by atoms with Gasteiger partial charge in [0.1, 0.15) is 6.07 Å². The van der Waals surface area contributed by atoms with Crippen molar-refractivity contribution in [3.8, 4) is 6.07 Å². The molecule has 2 atom stereocenters. The Bertz CT molecular complexity index is 314. The highest BCUT2D eigenvalue weighted by Crippen LogP contribution is 2.59. The van der Waals surface area contributed by atoms with Gasteiger partial charge in [0.2, 0.25) is 0 Å². The van der Waals surface area contributed by atoms with Crippen molar-refractivity contribution in [3.05, 3.63) is 11.9 Å². The van der Waals surface area contributed by atoms with Gasteiger partial charge in [0.15, 0.2) is 5.83 Å². The van der Waals surface area contributed by atoms with Crippen LogP contribution in [0.2, 0.25) is 0 Å². The molecule has 0 spiro atoms. The maximum Gasteiger partial charge on any atom is 0.307 e. The number of hydrogen-bond acceptors (Lipinski definition) is 2. The van der Waals surface area contributed by atoms with Crippen LogP contribution in [0.4, 0.5) is 4.39 Å². The fourth-order valence-electron chi connectivity index (χ4n) is 1.66. The summed E-state index contributed by atoms with van der Waals surface area (Å²) in [5.74, 6) is -2.75. The number of hydrogen-bond donors (Lipinski definition) is 1. The Hall–Kier alpha value is -1.37. The summed E-state index contributed by atoms with van der Waals surface area (Å²) in [5, 5.41) is 16.9. The molecule has 1 saturated carbocycles. The van der Waals surface area contributed by atoms with E-state index in [4.69, 9.17) is 10.4 Å². The van der Waals surface area contributed by atoms with Gasteiger partial charge in [-0.25, -0.2) is 0 Å². The van der Waals surface area contributed by atoms with E-state index >= 15 is 0 Å². The standard InChI is InChI=1S/C9H10FNO2/c1-9(2)6(3-5(10)4-11)7(9)8(12)13/h3,6-7H,1-2H3,(H,12,13)/b5-3+. The average Bonchev–Trinajstić information content (AvgIpc) is 2.53. The fraction of sp³-hybridized carbons (Fsp3) is 0.556. The minimum absolute atomic E-state index is 0.357. The third kappa shape index (κ3) is 1.55. The first-order valence-electron chi connectivity index (χ1n) is 3.91. The van der Waals surface area contributed by atoms with Crippen molar-refractivity contribution in [2.75, 3.05) is 0 Å². The molecule has 70 valence electrons. The van der Waals surface area contributed by atoms with Gasteiger partial charge in [-0.05, 0) is 11.5 Å². The molecule has 0 aromatic rings. The molecule has 0 aromatic carbocycles. The van der Waals surface area contributed by atoms with E-state index in [2.05, 4.69) is 0 Å². The van der Waals surface area contributed by atoms with Gasteiger partial charge in [-0.15, -0.1) is 0 Å². The van der Waals surface area contributed by atoms with Gasteiger partial charge in [-0.1, -0.05) is 13.8 Å². The minimum atomic E-state index is -0.933. The van der Waals surface area contributed by atoms with Crippen LogP contribution in [0.15, 0.2) is 11.9 Å². The molecule has 2 unspecified atom stereocenters. The van der Waals surface area contributed by atoms with Crippen LogP contribution in [0.25, 0.3) is 0 Å². The van der Waals surface area contributed by atoms with Gasteiger partial charge < -0.3 is 5.11 Å². The molecule has 0 aliphatic heterocycles. The van der Waals surface area contributed by atoms with E-state index in [9.17, 15) is 9.18 Å². The van der Waals surface area contributed by atoms with Crippen LogP contribution >= 0.6 is 0 Å². The molecule has 3 nitrogen and oxygen atoms in total. The number of rotatable bonds is 2. The SMILES string of the molecule is CC1(C)C(/C=C(/F)C#N)C1C(=O)O. The summed E-state index contributed by atoms with van der Waals surface area (Å²) in [7, 11) is 0. The number of carboxylic acids is 1. The van der Waals surface area contributed by atoms with E-state index in [1.807, 2.05) is 0 Å². The van der Waals surface area contributed by atoms with Gasteiger partial charge in [0, 0.05) is 5.92 Å². The number of nitriles is 1. The molecule has 0 heterocycles. The predicted octanol–water partition coefficient (Wildman–Crippen LogP) is 1.72. The maximum absolute atomic E-state index is 12.5. The first kappa shape index (κ1) is 9.72. The molecule has 0 amide bonds. The van der Waals surface area contributed by atoms with Crippen molar-refractivity contribution in [2.45, 2.75) is 13.8 Å². The molecule has 1 fully saturated rings. The lowest BCUT2D eigenvalue weighted by atomic mass is 10.1. The van der Waals surface area contributed by atoms with Crippen molar-refractivity contribution < 1.29 is 14.3 Å². The van der Waals surface area contributed by atoms with Crippen molar-refractivity contribution in [3.63, 3.8) is 0 Å². The summed E-state index contributed by atoms with van der Waals surface area (Å²) in [5.41, 5.74) is -0.431. The molecule has 13 heavy (non-hydrogen) atoms. The number of carbonyl (C=O) groups is 1. The van der Waals surface area contributed by atoms with Crippen molar-refractivity contribution >= 4 is 5.97 Å². The second-order valence-electron chi connectivity index (χ2n) is 3.79. The normalized spacial score (nSPS) is 30.8. The Kier molecular flexibility index (Phi) is 2.12. The Balaban J connectivity index is 2.79. The molecular formula is C9H10FNO2. The van der Waals surface area contributed by atoms with Crippen LogP contribution in [0.5, 0.6) is 0 Å². The van der Waals surface area contributed by atoms with E-state index in [0.717, 1.165) is 6.08 Å².